The Balaban J connectivity index is 3.32. The Morgan fingerprint density at radius 2 is 1.76 bits per heavy atom. The predicted molar refractivity (Wildman–Crippen MR) is 66.6 cm³/mol. The van der Waals surface area contributed by atoms with Crippen molar-refractivity contribution in [1.29, 1.82) is 0 Å². The zero-order valence-electron chi connectivity index (χ0n) is 9.29. The van der Waals surface area contributed by atoms with Crippen LogP contribution in [0.5, 0.6) is 0 Å². The summed E-state index contributed by atoms with van der Waals surface area (Å²) in [4.78, 5) is 20.3. The summed E-state index contributed by atoms with van der Waals surface area (Å²) < 4.78 is 0. The Morgan fingerprint density at radius 3 is 2.18 bits per heavy atom. The fraction of sp³-hybridized carbons (Fsp3) is 0.400. The van der Waals surface area contributed by atoms with Crippen LogP contribution in [0.25, 0.3) is 0 Å². The summed E-state index contributed by atoms with van der Waals surface area (Å²) in [7, 11) is 0. The quantitative estimate of drug-likeness (QED) is 0.484. The number of hydrogen-bond donors (Lipinski definition) is 0. The molecule has 0 heterocycles. The zero-order chi connectivity index (χ0) is 13.2. The van der Waals surface area contributed by atoms with Gasteiger partial charge < -0.3 is 0 Å². The van der Waals surface area contributed by atoms with Gasteiger partial charge in [0.1, 0.15) is 0 Å². The van der Waals surface area contributed by atoms with Gasteiger partial charge in [-0.05, 0) is 6.07 Å². The molecule has 17 heavy (non-hydrogen) atoms. The van der Waals surface area contributed by atoms with Gasteiger partial charge in [-0.3, -0.25) is 20.2 Å². The van der Waals surface area contributed by atoms with Crippen LogP contribution >= 0.6 is 15.9 Å². The molecule has 2 atom stereocenters. The molecule has 1 aromatic carbocycles. The molecule has 0 aliphatic rings. The molecule has 0 aromatic heterocycles. The minimum atomic E-state index is -0.640. The van der Waals surface area contributed by atoms with Crippen LogP contribution in [-0.2, 0) is 0 Å². The van der Waals surface area contributed by atoms with Gasteiger partial charge in [0.2, 0.25) is 0 Å². The molecule has 6 nitrogen and oxygen atoms in total. The molecular weight excluding hydrogens is 292 g/mol. The van der Waals surface area contributed by atoms with Crippen molar-refractivity contribution in [1.82, 2.24) is 0 Å². The molecule has 1 rings (SSSR count). The molecule has 0 bridgehead atoms. The Morgan fingerprint density at radius 1 is 1.18 bits per heavy atom. The standard InChI is InChI=1S/C10H11BrN2O4/c1-6(7(2)11)9-4-3-8(12(14)15)5-10(9)13(16)17/h3-7H,1-2H3. The number of benzene rings is 1. The predicted octanol–water partition coefficient (Wildman–Crippen LogP) is 3.39. The largest absolute Gasteiger partial charge is 0.279 e. The number of hydrogen-bond acceptors (Lipinski definition) is 4. The van der Waals surface area contributed by atoms with E-state index in [9.17, 15) is 20.2 Å². The van der Waals surface area contributed by atoms with Crippen molar-refractivity contribution in [3.8, 4) is 0 Å². The summed E-state index contributed by atoms with van der Waals surface area (Å²) in [5.41, 5.74) is 0.0119. The molecule has 0 aliphatic heterocycles. The lowest BCUT2D eigenvalue weighted by atomic mass is 9.96. The smallest absolute Gasteiger partial charge is 0.258 e. The van der Waals surface area contributed by atoms with Crippen LogP contribution in [-0.4, -0.2) is 14.7 Å². The highest BCUT2D eigenvalue weighted by Gasteiger charge is 2.24. The van der Waals surface area contributed by atoms with Crippen LogP contribution < -0.4 is 0 Å². The van der Waals surface area contributed by atoms with Gasteiger partial charge in [0.25, 0.3) is 11.4 Å². The third-order valence-corrected chi connectivity index (χ3v) is 3.39. The normalized spacial score (nSPS) is 14.1. The summed E-state index contributed by atoms with van der Waals surface area (Å²) in [6.07, 6.45) is 0. The molecule has 0 saturated carbocycles. The van der Waals surface area contributed by atoms with Crippen molar-refractivity contribution in [3.05, 3.63) is 44.0 Å². The van der Waals surface area contributed by atoms with Crippen molar-refractivity contribution in [3.63, 3.8) is 0 Å². The number of halogens is 1. The third kappa shape index (κ3) is 3.00. The summed E-state index contributed by atoms with van der Waals surface area (Å²) in [5.74, 6) is -0.101. The Labute approximate surface area is 106 Å². The number of nitrogens with zero attached hydrogens (tertiary/aromatic N) is 2. The van der Waals surface area contributed by atoms with Gasteiger partial charge in [0.05, 0.1) is 15.9 Å². The first kappa shape index (κ1) is 13.6. The molecule has 1 aromatic rings. The minimum absolute atomic E-state index is 0.0441. The van der Waals surface area contributed by atoms with Gasteiger partial charge in [0.15, 0.2) is 0 Å². The first-order chi connectivity index (χ1) is 7.84. The van der Waals surface area contributed by atoms with E-state index in [1.54, 1.807) is 0 Å². The molecular formula is C10H11BrN2O4. The number of alkyl halides is 1. The van der Waals surface area contributed by atoms with E-state index in [0.29, 0.717) is 5.56 Å². The van der Waals surface area contributed by atoms with E-state index in [1.165, 1.54) is 12.1 Å². The van der Waals surface area contributed by atoms with Gasteiger partial charge in [0, 0.05) is 22.4 Å². The van der Waals surface area contributed by atoms with Gasteiger partial charge in [-0.1, -0.05) is 29.8 Å². The van der Waals surface area contributed by atoms with E-state index in [2.05, 4.69) is 15.9 Å². The Hall–Kier alpha value is -1.50. The van der Waals surface area contributed by atoms with Crippen LogP contribution in [0.2, 0.25) is 0 Å². The van der Waals surface area contributed by atoms with Crippen LogP contribution in [0, 0.1) is 20.2 Å². The Kier molecular flexibility index (Phi) is 4.17. The first-order valence-electron chi connectivity index (χ1n) is 4.91. The highest BCUT2D eigenvalue weighted by atomic mass is 79.9. The summed E-state index contributed by atoms with van der Waals surface area (Å²) in [6, 6.07) is 3.73. The van der Waals surface area contributed by atoms with Crippen LogP contribution in [0.15, 0.2) is 18.2 Å². The second-order valence-electron chi connectivity index (χ2n) is 3.72. The molecule has 0 amide bonds. The fourth-order valence-corrected chi connectivity index (χ4v) is 1.72. The zero-order valence-corrected chi connectivity index (χ0v) is 10.9. The molecule has 0 fully saturated rings. The highest BCUT2D eigenvalue weighted by molar-refractivity contribution is 9.09. The maximum Gasteiger partial charge on any atom is 0.279 e. The van der Waals surface area contributed by atoms with Crippen LogP contribution in [0.3, 0.4) is 0 Å². The molecule has 0 saturated heterocycles. The molecule has 92 valence electrons. The molecule has 0 aliphatic carbocycles. The Bertz CT molecular complexity index is 462. The lowest BCUT2D eigenvalue weighted by Gasteiger charge is -2.14. The molecule has 0 N–H and O–H groups in total. The second-order valence-corrected chi connectivity index (χ2v) is 5.17. The van der Waals surface area contributed by atoms with Gasteiger partial charge in [-0.15, -0.1) is 0 Å². The van der Waals surface area contributed by atoms with Gasteiger partial charge in [-0.2, -0.15) is 0 Å². The second kappa shape index (κ2) is 5.22. The van der Waals surface area contributed by atoms with E-state index < -0.39 is 9.85 Å². The lowest BCUT2D eigenvalue weighted by molar-refractivity contribution is -0.394. The average molecular weight is 303 g/mol. The number of non-ortho nitro benzene ring substituents is 1. The third-order valence-electron chi connectivity index (χ3n) is 2.60. The molecule has 0 spiro atoms. The van der Waals surface area contributed by atoms with E-state index >= 15 is 0 Å². The van der Waals surface area contributed by atoms with Crippen molar-refractivity contribution < 1.29 is 9.85 Å². The van der Waals surface area contributed by atoms with Crippen molar-refractivity contribution in [2.75, 3.05) is 0 Å². The topological polar surface area (TPSA) is 86.3 Å². The van der Waals surface area contributed by atoms with E-state index in [1.807, 2.05) is 13.8 Å². The van der Waals surface area contributed by atoms with E-state index in [-0.39, 0.29) is 22.1 Å². The molecule has 7 heteroatoms. The summed E-state index contributed by atoms with van der Waals surface area (Å²) >= 11 is 3.35. The lowest BCUT2D eigenvalue weighted by Crippen LogP contribution is -2.08. The highest BCUT2D eigenvalue weighted by Crippen LogP contribution is 2.33. The summed E-state index contributed by atoms with van der Waals surface area (Å²) in [6.45, 7) is 3.70. The number of nitro groups is 2. The van der Waals surface area contributed by atoms with Gasteiger partial charge >= 0.3 is 0 Å². The summed E-state index contributed by atoms with van der Waals surface area (Å²) in [5, 5.41) is 21.5. The SMILES string of the molecule is CC(Br)C(C)c1ccc([N+](=O)[O-])cc1[N+](=O)[O-]. The van der Waals surface area contributed by atoms with Crippen LogP contribution in [0.4, 0.5) is 11.4 Å². The molecule has 0 radical (unpaired) electrons. The number of rotatable bonds is 4. The maximum absolute atomic E-state index is 10.9. The van der Waals surface area contributed by atoms with Gasteiger partial charge in [-0.25, -0.2) is 0 Å². The van der Waals surface area contributed by atoms with Crippen LogP contribution in [0.1, 0.15) is 25.3 Å². The fourth-order valence-electron chi connectivity index (χ4n) is 1.44. The van der Waals surface area contributed by atoms with Crippen molar-refractivity contribution >= 4 is 27.3 Å². The number of nitro benzene ring substituents is 2. The molecule has 2 unspecified atom stereocenters. The van der Waals surface area contributed by atoms with E-state index in [4.69, 9.17) is 0 Å². The first-order valence-corrected chi connectivity index (χ1v) is 5.83. The van der Waals surface area contributed by atoms with Crippen molar-refractivity contribution in [2.45, 2.75) is 24.6 Å². The van der Waals surface area contributed by atoms with E-state index in [0.717, 1.165) is 6.07 Å². The average Bonchev–Trinajstić information content (AvgIpc) is 2.26. The maximum atomic E-state index is 10.9. The van der Waals surface area contributed by atoms with Crippen molar-refractivity contribution in [2.24, 2.45) is 0 Å². The monoisotopic (exact) mass is 302 g/mol. The minimum Gasteiger partial charge on any atom is -0.258 e.